The standard InChI is InChI=1S/C33H38FN5O/c1-23-3-4-27(18-31(23)34)20-37-33(40)29-17-24(2)32(36-21-29)28-9-15-39(16-10-28)30-11-13-38(14-12-30)22-26-7-5-25(19-35)6-8-26/h3-8,17-18,21,28,30H,9-16,20,22H2,1-2H3,(H,37,40). The molecular formula is C33H38FN5O. The number of carbonyl (C=O) groups is 1. The Morgan fingerprint density at radius 1 is 0.975 bits per heavy atom. The molecule has 0 saturated carbocycles. The summed E-state index contributed by atoms with van der Waals surface area (Å²) in [6, 6.07) is 17.7. The Kier molecular flexibility index (Phi) is 8.88. The van der Waals surface area contributed by atoms with E-state index in [0.29, 0.717) is 28.7 Å². The maximum atomic E-state index is 13.8. The van der Waals surface area contributed by atoms with Crippen molar-refractivity contribution in [3.05, 3.63) is 99.6 Å². The fourth-order valence-corrected chi connectivity index (χ4v) is 6.09. The van der Waals surface area contributed by atoms with Gasteiger partial charge in [0.2, 0.25) is 0 Å². The number of amides is 1. The summed E-state index contributed by atoms with van der Waals surface area (Å²) in [5.74, 6) is -0.0337. The molecule has 6 nitrogen and oxygen atoms in total. The molecule has 208 valence electrons. The minimum absolute atomic E-state index is 0.191. The first-order valence-electron chi connectivity index (χ1n) is 14.3. The number of nitrogens with zero attached hydrogens (tertiary/aromatic N) is 4. The zero-order valence-corrected chi connectivity index (χ0v) is 23.5. The third-order valence-corrected chi connectivity index (χ3v) is 8.55. The third kappa shape index (κ3) is 6.75. The second-order valence-electron chi connectivity index (χ2n) is 11.3. The van der Waals surface area contributed by atoms with Gasteiger partial charge in [-0.25, -0.2) is 4.39 Å². The first-order valence-corrected chi connectivity index (χ1v) is 14.3. The largest absolute Gasteiger partial charge is 0.348 e. The third-order valence-electron chi connectivity index (χ3n) is 8.55. The van der Waals surface area contributed by atoms with Crippen LogP contribution in [0, 0.1) is 31.0 Å². The van der Waals surface area contributed by atoms with E-state index in [1.807, 2.05) is 31.2 Å². The zero-order valence-electron chi connectivity index (χ0n) is 23.5. The maximum absolute atomic E-state index is 13.8. The van der Waals surface area contributed by atoms with Gasteiger partial charge >= 0.3 is 0 Å². The van der Waals surface area contributed by atoms with E-state index in [1.165, 1.54) is 24.5 Å². The van der Waals surface area contributed by atoms with Gasteiger partial charge in [-0.05, 0) is 112 Å². The van der Waals surface area contributed by atoms with Crippen LogP contribution in [0.2, 0.25) is 0 Å². The number of pyridine rings is 1. The summed E-state index contributed by atoms with van der Waals surface area (Å²) in [5.41, 5.74) is 6.02. The predicted octanol–water partition coefficient (Wildman–Crippen LogP) is 5.48. The highest BCUT2D eigenvalue weighted by Gasteiger charge is 2.30. The molecule has 2 aromatic carbocycles. The molecule has 7 heteroatoms. The lowest BCUT2D eigenvalue weighted by Crippen LogP contribution is -2.47. The van der Waals surface area contributed by atoms with Crippen molar-refractivity contribution in [3.8, 4) is 6.07 Å². The summed E-state index contributed by atoms with van der Waals surface area (Å²) in [6.45, 7) is 9.38. The van der Waals surface area contributed by atoms with E-state index in [9.17, 15) is 9.18 Å². The Bertz CT molecular complexity index is 1370. The number of aryl methyl sites for hydroxylation is 2. The molecule has 3 heterocycles. The molecule has 0 aliphatic carbocycles. The summed E-state index contributed by atoms with van der Waals surface area (Å²) < 4.78 is 13.8. The summed E-state index contributed by atoms with van der Waals surface area (Å²) in [7, 11) is 0. The second kappa shape index (κ2) is 12.7. The van der Waals surface area contributed by atoms with Crippen molar-refractivity contribution in [1.82, 2.24) is 20.1 Å². The van der Waals surface area contributed by atoms with Crippen LogP contribution in [-0.4, -0.2) is 52.9 Å². The van der Waals surface area contributed by atoms with Crippen molar-refractivity contribution in [1.29, 1.82) is 5.26 Å². The number of halogens is 1. The van der Waals surface area contributed by atoms with Crippen LogP contribution in [-0.2, 0) is 13.1 Å². The summed E-state index contributed by atoms with van der Waals surface area (Å²) in [5, 5.41) is 11.9. The minimum Gasteiger partial charge on any atom is -0.348 e. The highest BCUT2D eigenvalue weighted by Crippen LogP contribution is 2.31. The molecular weight excluding hydrogens is 501 g/mol. The second-order valence-corrected chi connectivity index (χ2v) is 11.3. The van der Waals surface area contributed by atoms with E-state index < -0.39 is 0 Å². The van der Waals surface area contributed by atoms with Gasteiger partial charge in [0.25, 0.3) is 5.91 Å². The molecule has 3 aromatic rings. The number of rotatable bonds is 7. The molecule has 0 atom stereocenters. The van der Waals surface area contributed by atoms with Gasteiger partial charge in [0.1, 0.15) is 5.82 Å². The lowest BCUT2D eigenvalue weighted by atomic mass is 9.88. The first kappa shape index (κ1) is 27.9. The lowest BCUT2D eigenvalue weighted by molar-refractivity contribution is 0.0841. The monoisotopic (exact) mass is 539 g/mol. The molecule has 5 rings (SSSR count). The van der Waals surface area contributed by atoms with Gasteiger partial charge in [0, 0.05) is 36.9 Å². The number of likely N-dealkylation sites (tertiary alicyclic amines) is 2. The molecule has 0 unspecified atom stereocenters. The average molecular weight is 540 g/mol. The molecule has 2 saturated heterocycles. The number of nitrogens with one attached hydrogen (secondary N) is 1. The lowest BCUT2D eigenvalue weighted by Gasteiger charge is -2.42. The van der Waals surface area contributed by atoms with Crippen molar-refractivity contribution in [2.75, 3.05) is 26.2 Å². The number of benzene rings is 2. The first-order chi connectivity index (χ1) is 19.4. The summed E-state index contributed by atoms with van der Waals surface area (Å²) >= 11 is 0. The smallest absolute Gasteiger partial charge is 0.253 e. The van der Waals surface area contributed by atoms with Gasteiger partial charge in [-0.1, -0.05) is 24.3 Å². The van der Waals surface area contributed by atoms with Gasteiger partial charge < -0.3 is 10.2 Å². The Morgan fingerprint density at radius 2 is 1.68 bits per heavy atom. The van der Waals surface area contributed by atoms with Crippen molar-refractivity contribution < 1.29 is 9.18 Å². The van der Waals surface area contributed by atoms with Crippen molar-refractivity contribution in [2.24, 2.45) is 0 Å². The van der Waals surface area contributed by atoms with E-state index in [2.05, 4.69) is 33.3 Å². The van der Waals surface area contributed by atoms with Crippen molar-refractivity contribution in [2.45, 2.75) is 64.6 Å². The zero-order chi connectivity index (χ0) is 28.1. The number of hydrogen-bond donors (Lipinski definition) is 1. The quantitative estimate of drug-likeness (QED) is 0.430. The van der Waals surface area contributed by atoms with Crippen molar-refractivity contribution in [3.63, 3.8) is 0 Å². The van der Waals surface area contributed by atoms with Crippen LogP contribution < -0.4 is 5.32 Å². The van der Waals surface area contributed by atoms with Crippen LogP contribution in [0.25, 0.3) is 0 Å². The van der Waals surface area contributed by atoms with Gasteiger partial charge in [0.05, 0.1) is 17.2 Å². The fraction of sp³-hybridized carbons (Fsp3) is 0.424. The Morgan fingerprint density at radius 3 is 2.33 bits per heavy atom. The van der Waals surface area contributed by atoms with E-state index >= 15 is 0 Å². The van der Waals surface area contributed by atoms with Gasteiger partial charge in [-0.15, -0.1) is 0 Å². The number of nitriles is 1. The Balaban J connectivity index is 1.08. The highest BCUT2D eigenvalue weighted by atomic mass is 19.1. The number of carbonyl (C=O) groups excluding carboxylic acids is 1. The number of aromatic nitrogens is 1. The fourth-order valence-electron chi connectivity index (χ4n) is 6.09. The van der Waals surface area contributed by atoms with Crippen LogP contribution in [0.15, 0.2) is 54.7 Å². The number of piperidine rings is 2. The van der Waals surface area contributed by atoms with Crippen LogP contribution in [0.4, 0.5) is 4.39 Å². The molecule has 1 N–H and O–H groups in total. The molecule has 40 heavy (non-hydrogen) atoms. The summed E-state index contributed by atoms with van der Waals surface area (Å²) in [6.07, 6.45) is 6.24. The Labute approximate surface area is 236 Å². The SMILES string of the molecule is Cc1ccc(CNC(=O)c2cnc(C3CCN(C4CCN(Cc5ccc(C#N)cc5)CC4)CC3)c(C)c2)cc1F. The van der Waals surface area contributed by atoms with Gasteiger partial charge in [0.15, 0.2) is 0 Å². The predicted molar refractivity (Wildman–Crippen MR) is 154 cm³/mol. The van der Waals surface area contributed by atoms with E-state index in [-0.39, 0.29) is 18.3 Å². The molecule has 2 aliphatic rings. The maximum Gasteiger partial charge on any atom is 0.253 e. The molecule has 0 radical (unpaired) electrons. The van der Waals surface area contributed by atoms with Gasteiger partial charge in [-0.3, -0.25) is 14.7 Å². The molecule has 1 amide bonds. The van der Waals surface area contributed by atoms with Crippen LogP contribution >= 0.6 is 0 Å². The van der Waals surface area contributed by atoms with E-state index in [4.69, 9.17) is 10.2 Å². The van der Waals surface area contributed by atoms with Crippen LogP contribution in [0.1, 0.15) is 75.5 Å². The topological polar surface area (TPSA) is 72.3 Å². The molecule has 0 bridgehead atoms. The molecule has 1 aromatic heterocycles. The highest BCUT2D eigenvalue weighted by molar-refractivity contribution is 5.94. The van der Waals surface area contributed by atoms with Crippen molar-refractivity contribution >= 4 is 5.91 Å². The minimum atomic E-state index is -0.259. The van der Waals surface area contributed by atoms with Crippen LogP contribution in [0.3, 0.4) is 0 Å². The van der Waals surface area contributed by atoms with Gasteiger partial charge in [-0.2, -0.15) is 5.26 Å². The molecule has 2 aliphatic heterocycles. The Hall–Kier alpha value is -3.60. The average Bonchev–Trinajstić information content (AvgIpc) is 2.98. The molecule has 0 spiro atoms. The normalized spacial score (nSPS) is 17.4. The van der Waals surface area contributed by atoms with E-state index in [0.717, 1.165) is 62.4 Å². The molecule has 2 fully saturated rings. The van der Waals surface area contributed by atoms with Crippen LogP contribution in [0.5, 0.6) is 0 Å². The summed E-state index contributed by atoms with van der Waals surface area (Å²) in [4.78, 5) is 22.6. The number of hydrogen-bond acceptors (Lipinski definition) is 5. The van der Waals surface area contributed by atoms with E-state index in [1.54, 1.807) is 19.2 Å².